The minimum absolute atomic E-state index is 0. The number of ether oxygens (including phenoxy) is 1. The molecule has 82 valence electrons. The molecule has 0 amide bonds. The van der Waals surface area contributed by atoms with Crippen molar-refractivity contribution in [3.63, 3.8) is 0 Å². The van der Waals surface area contributed by atoms with Crippen molar-refractivity contribution < 1.29 is 60.9 Å². The van der Waals surface area contributed by atoms with E-state index >= 15 is 0 Å². The van der Waals surface area contributed by atoms with Gasteiger partial charge in [0.25, 0.3) is 0 Å². The maximum atomic E-state index is 10.8. The average Bonchev–Trinajstić information content (AvgIpc) is 2.17. The maximum Gasteiger partial charge on any atom is 1.00 e. The Morgan fingerprint density at radius 2 is 1.81 bits per heavy atom. The van der Waals surface area contributed by atoms with Crippen molar-refractivity contribution in [3.05, 3.63) is 29.3 Å². The van der Waals surface area contributed by atoms with Crippen molar-refractivity contribution >= 4 is 6.29 Å². The first-order valence-corrected chi connectivity index (χ1v) is 5.23. The SMILES string of the molecule is CC(C)Oc1ccc(C(C)C)cc1[C-]=O.[K+]. The van der Waals surface area contributed by atoms with Gasteiger partial charge in [-0.15, -0.1) is 11.1 Å². The third kappa shape index (κ3) is 4.68. The van der Waals surface area contributed by atoms with Gasteiger partial charge in [-0.05, 0) is 19.8 Å². The van der Waals surface area contributed by atoms with E-state index in [-0.39, 0.29) is 57.5 Å². The predicted molar refractivity (Wildman–Crippen MR) is 61.1 cm³/mol. The van der Waals surface area contributed by atoms with Gasteiger partial charge in [0, 0.05) is 5.75 Å². The number of hydrogen-bond acceptors (Lipinski definition) is 2. The van der Waals surface area contributed by atoms with Gasteiger partial charge in [0.05, 0.1) is 12.4 Å². The smallest absolute Gasteiger partial charge is 0.548 e. The topological polar surface area (TPSA) is 26.3 Å². The summed E-state index contributed by atoms with van der Waals surface area (Å²) in [4.78, 5) is 10.8. The largest absolute Gasteiger partial charge is 1.00 e. The summed E-state index contributed by atoms with van der Waals surface area (Å²) >= 11 is 0. The van der Waals surface area contributed by atoms with Crippen molar-refractivity contribution in [1.29, 1.82) is 0 Å². The van der Waals surface area contributed by atoms with Gasteiger partial charge in [0.15, 0.2) is 0 Å². The third-order valence-corrected chi connectivity index (χ3v) is 2.14. The van der Waals surface area contributed by atoms with E-state index < -0.39 is 0 Å². The third-order valence-electron chi connectivity index (χ3n) is 2.14. The van der Waals surface area contributed by atoms with Gasteiger partial charge in [0.1, 0.15) is 0 Å². The summed E-state index contributed by atoms with van der Waals surface area (Å²) in [6.07, 6.45) is 1.99. The zero-order valence-corrected chi connectivity index (χ0v) is 13.8. The van der Waals surface area contributed by atoms with E-state index in [0.717, 1.165) is 5.56 Å². The quantitative estimate of drug-likeness (QED) is 0.553. The summed E-state index contributed by atoms with van der Waals surface area (Å²) in [5.41, 5.74) is 1.64. The minimum Gasteiger partial charge on any atom is -0.548 e. The van der Waals surface area contributed by atoms with Gasteiger partial charge in [0.2, 0.25) is 0 Å². The van der Waals surface area contributed by atoms with Crippen LogP contribution in [-0.4, -0.2) is 12.4 Å². The van der Waals surface area contributed by atoms with Crippen LogP contribution >= 0.6 is 0 Å². The summed E-state index contributed by atoms with van der Waals surface area (Å²) in [5, 5.41) is 0. The Hall–Kier alpha value is 0.326. The Bertz CT molecular complexity index is 346. The number of hydrogen-bond donors (Lipinski definition) is 0. The molecule has 16 heavy (non-hydrogen) atoms. The molecule has 0 aliphatic rings. The van der Waals surface area contributed by atoms with Crippen molar-refractivity contribution in [3.8, 4) is 5.75 Å². The molecular weight excluding hydrogens is 227 g/mol. The average molecular weight is 244 g/mol. The second-order valence-electron chi connectivity index (χ2n) is 4.18. The van der Waals surface area contributed by atoms with Crippen LogP contribution in [0.25, 0.3) is 0 Å². The molecule has 1 aromatic carbocycles. The molecule has 0 aliphatic heterocycles. The van der Waals surface area contributed by atoms with E-state index in [1.807, 2.05) is 38.3 Å². The Kier molecular flexibility index (Phi) is 7.77. The van der Waals surface area contributed by atoms with E-state index in [2.05, 4.69) is 13.8 Å². The van der Waals surface area contributed by atoms with Crippen LogP contribution in [0, 0.1) is 0 Å². The van der Waals surface area contributed by atoms with E-state index in [4.69, 9.17) is 4.74 Å². The summed E-state index contributed by atoms with van der Waals surface area (Å²) in [6.45, 7) is 8.05. The van der Waals surface area contributed by atoms with Crippen molar-refractivity contribution in [1.82, 2.24) is 0 Å². The first kappa shape index (κ1) is 16.3. The molecule has 0 fully saturated rings. The molecule has 0 heterocycles. The first-order chi connectivity index (χ1) is 7.04. The fraction of sp³-hybridized carbons (Fsp3) is 0.462. The van der Waals surface area contributed by atoms with Crippen LogP contribution in [-0.2, 0) is 4.79 Å². The molecule has 0 spiro atoms. The number of carbonyl (C=O) groups excluding carboxylic acids is 1. The van der Waals surface area contributed by atoms with Crippen LogP contribution < -0.4 is 56.1 Å². The molecule has 0 saturated carbocycles. The molecule has 1 aromatic rings. The normalized spacial score (nSPS) is 10.1. The molecule has 3 heteroatoms. The van der Waals surface area contributed by atoms with Crippen molar-refractivity contribution in [2.45, 2.75) is 39.7 Å². The van der Waals surface area contributed by atoms with Crippen LogP contribution in [0.5, 0.6) is 5.75 Å². The first-order valence-electron chi connectivity index (χ1n) is 5.23. The Balaban J connectivity index is 0.00000225. The van der Waals surface area contributed by atoms with E-state index in [1.165, 1.54) is 0 Å². The Morgan fingerprint density at radius 3 is 2.25 bits per heavy atom. The molecule has 0 radical (unpaired) electrons. The molecule has 0 N–H and O–H groups in total. The predicted octanol–water partition coefficient (Wildman–Crippen LogP) is 0.0590. The fourth-order valence-electron chi connectivity index (χ4n) is 1.34. The summed E-state index contributed by atoms with van der Waals surface area (Å²) in [5.74, 6) is 1.02. The van der Waals surface area contributed by atoms with Gasteiger partial charge in [-0.2, -0.15) is 6.07 Å². The Labute approximate surface area is 140 Å². The minimum atomic E-state index is 0. The van der Waals surface area contributed by atoms with Crippen molar-refractivity contribution in [2.24, 2.45) is 0 Å². The van der Waals surface area contributed by atoms with Crippen LogP contribution in [0.15, 0.2) is 18.2 Å². The second-order valence-corrected chi connectivity index (χ2v) is 4.18. The molecule has 0 saturated heterocycles. The van der Waals surface area contributed by atoms with Crippen LogP contribution in [0.2, 0.25) is 0 Å². The monoisotopic (exact) mass is 244 g/mol. The van der Waals surface area contributed by atoms with Crippen LogP contribution in [0.4, 0.5) is 0 Å². The fourth-order valence-corrected chi connectivity index (χ4v) is 1.34. The standard InChI is InChI=1S/C13H17O2.K/c1-9(2)11-5-6-13(15-10(3)4)12(7-11)8-14;/h5-7,9-10H,1-4H3;/q-1;+1. The molecule has 2 nitrogen and oxygen atoms in total. The van der Waals surface area contributed by atoms with Crippen LogP contribution in [0.1, 0.15) is 44.7 Å². The van der Waals surface area contributed by atoms with E-state index in [1.54, 1.807) is 0 Å². The van der Waals surface area contributed by atoms with E-state index in [9.17, 15) is 4.79 Å². The summed E-state index contributed by atoms with van der Waals surface area (Å²) < 4.78 is 5.51. The van der Waals surface area contributed by atoms with Gasteiger partial charge in [-0.3, -0.25) is 0 Å². The zero-order valence-electron chi connectivity index (χ0n) is 10.7. The Morgan fingerprint density at radius 1 is 1.19 bits per heavy atom. The molecule has 0 aliphatic carbocycles. The molecule has 0 unspecified atom stereocenters. The molecule has 0 aromatic heterocycles. The molecule has 1 rings (SSSR count). The van der Waals surface area contributed by atoms with Crippen LogP contribution in [0.3, 0.4) is 0 Å². The van der Waals surface area contributed by atoms with Gasteiger partial charge >= 0.3 is 51.4 Å². The molecular formula is C13H17KO2. The number of rotatable bonds is 4. The zero-order chi connectivity index (χ0) is 11.4. The van der Waals surface area contributed by atoms with Crippen molar-refractivity contribution in [2.75, 3.05) is 0 Å². The van der Waals surface area contributed by atoms with Gasteiger partial charge in [-0.1, -0.05) is 26.0 Å². The summed E-state index contributed by atoms with van der Waals surface area (Å²) in [6, 6.07) is 5.67. The molecule has 0 bridgehead atoms. The van der Waals surface area contributed by atoms with E-state index in [0.29, 0.717) is 17.2 Å². The molecule has 0 atom stereocenters. The van der Waals surface area contributed by atoms with Gasteiger partial charge < -0.3 is 9.53 Å². The summed E-state index contributed by atoms with van der Waals surface area (Å²) in [7, 11) is 0. The second kappa shape index (κ2) is 7.61. The number of benzene rings is 1. The maximum absolute atomic E-state index is 10.8. The van der Waals surface area contributed by atoms with Gasteiger partial charge in [-0.25, -0.2) is 0 Å².